The molecule has 2 heterocycles. The smallest absolute Gasteiger partial charge is 0.239 e. The molecule has 2 saturated heterocycles. The Morgan fingerprint density at radius 2 is 1.95 bits per heavy atom. The fourth-order valence-electron chi connectivity index (χ4n) is 2.92. The summed E-state index contributed by atoms with van der Waals surface area (Å²) in [5.41, 5.74) is 0. The highest BCUT2D eigenvalue weighted by atomic mass is 16.2. The van der Waals surface area contributed by atoms with Crippen LogP contribution in [0, 0.1) is 5.92 Å². The van der Waals surface area contributed by atoms with Crippen molar-refractivity contribution in [3.63, 3.8) is 0 Å². The molecule has 0 radical (unpaired) electrons. The van der Waals surface area contributed by atoms with E-state index in [0.717, 1.165) is 45.6 Å². The van der Waals surface area contributed by atoms with Crippen molar-refractivity contribution in [2.45, 2.75) is 25.8 Å². The van der Waals surface area contributed by atoms with Crippen LogP contribution in [-0.4, -0.2) is 74.0 Å². The first kappa shape index (κ1) is 15.3. The first-order chi connectivity index (χ1) is 9.60. The molecule has 2 amide bonds. The Morgan fingerprint density at radius 1 is 1.25 bits per heavy atom. The number of likely N-dealkylation sites (N-methyl/N-ethyl adjacent to an activating group) is 1. The second-order valence-corrected chi connectivity index (χ2v) is 5.91. The van der Waals surface area contributed by atoms with Crippen LogP contribution in [0.5, 0.6) is 0 Å². The number of carbonyl (C=O) groups is 2. The van der Waals surface area contributed by atoms with E-state index in [-0.39, 0.29) is 17.9 Å². The van der Waals surface area contributed by atoms with Crippen LogP contribution < -0.4 is 10.6 Å². The lowest BCUT2D eigenvalue weighted by Crippen LogP contribution is -2.56. The Kier molecular flexibility index (Phi) is 5.37. The number of piperidine rings is 1. The summed E-state index contributed by atoms with van der Waals surface area (Å²) in [6.45, 7) is 6.58. The molecule has 2 fully saturated rings. The zero-order valence-electron chi connectivity index (χ0n) is 12.5. The fourth-order valence-corrected chi connectivity index (χ4v) is 2.92. The molecule has 0 aromatic heterocycles. The molecule has 2 atom stereocenters. The van der Waals surface area contributed by atoms with Gasteiger partial charge in [0, 0.05) is 33.2 Å². The van der Waals surface area contributed by atoms with Gasteiger partial charge in [0.1, 0.15) is 0 Å². The van der Waals surface area contributed by atoms with Crippen molar-refractivity contribution in [2.24, 2.45) is 5.92 Å². The van der Waals surface area contributed by atoms with Crippen molar-refractivity contribution in [2.75, 3.05) is 46.3 Å². The maximum atomic E-state index is 12.4. The average molecular weight is 282 g/mol. The second-order valence-electron chi connectivity index (χ2n) is 5.91. The summed E-state index contributed by atoms with van der Waals surface area (Å²) in [6, 6.07) is -0.00996. The molecule has 20 heavy (non-hydrogen) atoms. The summed E-state index contributed by atoms with van der Waals surface area (Å²) < 4.78 is 0. The molecular weight excluding hydrogens is 256 g/mol. The first-order valence-corrected chi connectivity index (χ1v) is 7.55. The standard InChI is InChI=1S/C14H26N4O2/c1-11-3-4-16-12(9-11)14(20)18-7-5-17(6-8-18)10-13(19)15-2/h11-12,16H,3-10H2,1-2H3,(H,15,19). The molecule has 0 saturated carbocycles. The van der Waals surface area contributed by atoms with Gasteiger partial charge in [-0.05, 0) is 25.3 Å². The molecule has 2 N–H and O–H groups in total. The van der Waals surface area contributed by atoms with Crippen molar-refractivity contribution in [3.8, 4) is 0 Å². The molecule has 2 aliphatic heterocycles. The normalized spacial score (nSPS) is 28.2. The number of amides is 2. The number of piperazine rings is 1. The number of carbonyl (C=O) groups excluding carboxylic acids is 2. The monoisotopic (exact) mass is 282 g/mol. The van der Waals surface area contributed by atoms with Crippen molar-refractivity contribution in [1.82, 2.24) is 20.4 Å². The minimum atomic E-state index is -0.00996. The lowest BCUT2D eigenvalue weighted by Gasteiger charge is -2.37. The third-order valence-corrected chi connectivity index (χ3v) is 4.29. The molecule has 2 unspecified atom stereocenters. The molecule has 0 aromatic carbocycles. The van der Waals surface area contributed by atoms with Gasteiger partial charge in [0.25, 0.3) is 0 Å². The van der Waals surface area contributed by atoms with E-state index < -0.39 is 0 Å². The molecular formula is C14H26N4O2. The topological polar surface area (TPSA) is 64.7 Å². The van der Waals surface area contributed by atoms with Gasteiger partial charge in [-0.3, -0.25) is 14.5 Å². The third kappa shape index (κ3) is 3.93. The van der Waals surface area contributed by atoms with Crippen LogP contribution in [-0.2, 0) is 9.59 Å². The maximum absolute atomic E-state index is 12.4. The van der Waals surface area contributed by atoms with Gasteiger partial charge in [0.2, 0.25) is 11.8 Å². The summed E-state index contributed by atoms with van der Waals surface area (Å²) in [5.74, 6) is 0.892. The Bertz CT molecular complexity index is 353. The molecule has 0 aliphatic carbocycles. The summed E-state index contributed by atoms with van der Waals surface area (Å²) in [4.78, 5) is 27.8. The van der Waals surface area contributed by atoms with Gasteiger partial charge in [-0.15, -0.1) is 0 Å². The van der Waals surface area contributed by atoms with Crippen LogP contribution in [0.2, 0.25) is 0 Å². The van der Waals surface area contributed by atoms with Crippen LogP contribution in [0.3, 0.4) is 0 Å². The van der Waals surface area contributed by atoms with Crippen LogP contribution in [0.1, 0.15) is 19.8 Å². The average Bonchev–Trinajstić information content (AvgIpc) is 2.47. The lowest BCUT2D eigenvalue weighted by atomic mass is 9.93. The summed E-state index contributed by atoms with van der Waals surface area (Å²) >= 11 is 0. The summed E-state index contributed by atoms with van der Waals surface area (Å²) in [7, 11) is 1.65. The third-order valence-electron chi connectivity index (χ3n) is 4.29. The molecule has 2 aliphatic rings. The fraction of sp³-hybridized carbons (Fsp3) is 0.857. The molecule has 6 nitrogen and oxygen atoms in total. The predicted molar refractivity (Wildman–Crippen MR) is 77.3 cm³/mol. The van der Waals surface area contributed by atoms with E-state index in [2.05, 4.69) is 22.5 Å². The lowest BCUT2D eigenvalue weighted by molar-refractivity contribution is -0.136. The zero-order chi connectivity index (χ0) is 14.5. The second kappa shape index (κ2) is 7.04. The van der Waals surface area contributed by atoms with E-state index in [1.807, 2.05) is 4.90 Å². The van der Waals surface area contributed by atoms with Crippen LogP contribution in [0.4, 0.5) is 0 Å². The number of nitrogens with zero attached hydrogens (tertiary/aromatic N) is 2. The molecule has 0 bridgehead atoms. The Hall–Kier alpha value is -1.14. The Labute approximate surface area is 120 Å². The molecule has 0 spiro atoms. The number of rotatable bonds is 3. The molecule has 6 heteroatoms. The van der Waals surface area contributed by atoms with Crippen molar-refractivity contribution >= 4 is 11.8 Å². The van der Waals surface area contributed by atoms with E-state index in [1.165, 1.54) is 0 Å². The maximum Gasteiger partial charge on any atom is 0.239 e. The van der Waals surface area contributed by atoms with Crippen LogP contribution in [0.15, 0.2) is 0 Å². The minimum absolute atomic E-state index is 0.00996. The Morgan fingerprint density at radius 3 is 2.55 bits per heavy atom. The van der Waals surface area contributed by atoms with Gasteiger partial charge in [-0.1, -0.05) is 6.92 Å². The van der Waals surface area contributed by atoms with Gasteiger partial charge in [0.15, 0.2) is 0 Å². The zero-order valence-corrected chi connectivity index (χ0v) is 12.5. The number of hydrogen-bond donors (Lipinski definition) is 2. The van der Waals surface area contributed by atoms with Gasteiger partial charge in [-0.2, -0.15) is 0 Å². The summed E-state index contributed by atoms with van der Waals surface area (Å²) in [6.07, 6.45) is 2.10. The van der Waals surface area contributed by atoms with Crippen LogP contribution >= 0.6 is 0 Å². The quantitative estimate of drug-likeness (QED) is 0.716. The predicted octanol–water partition coefficient (Wildman–Crippen LogP) is -0.735. The first-order valence-electron chi connectivity index (χ1n) is 7.55. The minimum Gasteiger partial charge on any atom is -0.358 e. The van der Waals surface area contributed by atoms with E-state index >= 15 is 0 Å². The van der Waals surface area contributed by atoms with E-state index in [9.17, 15) is 9.59 Å². The molecule has 0 aromatic rings. The Balaban J connectivity index is 1.78. The summed E-state index contributed by atoms with van der Waals surface area (Å²) in [5, 5.41) is 5.96. The van der Waals surface area contributed by atoms with Crippen molar-refractivity contribution < 1.29 is 9.59 Å². The van der Waals surface area contributed by atoms with Crippen molar-refractivity contribution in [1.29, 1.82) is 0 Å². The van der Waals surface area contributed by atoms with Gasteiger partial charge in [0.05, 0.1) is 12.6 Å². The highest BCUT2D eigenvalue weighted by molar-refractivity contribution is 5.82. The highest BCUT2D eigenvalue weighted by Gasteiger charge is 2.30. The van der Waals surface area contributed by atoms with Gasteiger partial charge in [-0.25, -0.2) is 0 Å². The van der Waals surface area contributed by atoms with E-state index in [4.69, 9.17) is 0 Å². The van der Waals surface area contributed by atoms with Crippen LogP contribution in [0.25, 0.3) is 0 Å². The SMILES string of the molecule is CNC(=O)CN1CCN(C(=O)C2CC(C)CCN2)CC1. The van der Waals surface area contributed by atoms with E-state index in [0.29, 0.717) is 12.5 Å². The molecule has 114 valence electrons. The highest BCUT2D eigenvalue weighted by Crippen LogP contribution is 2.17. The van der Waals surface area contributed by atoms with Crippen molar-refractivity contribution in [3.05, 3.63) is 0 Å². The largest absolute Gasteiger partial charge is 0.358 e. The number of nitrogens with one attached hydrogen (secondary N) is 2. The van der Waals surface area contributed by atoms with Gasteiger partial charge >= 0.3 is 0 Å². The van der Waals surface area contributed by atoms with Gasteiger partial charge < -0.3 is 15.5 Å². The number of hydrogen-bond acceptors (Lipinski definition) is 4. The van der Waals surface area contributed by atoms with E-state index in [1.54, 1.807) is 7.05 Å². The molecule has 2 rings (SSSR count).